The molecule has 1 aliphatic rings. The molecule has 3 unspecified atom stereocenters. The molecule has 1 fully saturated rings. The normalized spacial score (nSPS) is 26.8. The molecule has 4 heteroatoms. The highest BCUT2D eigenvalue weighted by molar-refractivity contribution is 4.80. The van der Waals surface area contributed by atoms with Crippen molar-refractivity contribution in [1.82, 2.24) is 4.90 Å². The van der Waals surface area contributed by atoms with Gasteiger partial charge in [-0.2, -0.15) is 0 Å². The van der Waals surface area contributed by atoms with Gasteiger partial charge in [0, 0.05) is 19.7 Å². The molecule has 0 aromatic rings. The number of ether oxygens (including phenoxy) is 1. The number of aliphatic hydroxyl groups excluding tert-OH is 2. The molecule has 0 aromatic carbocycles. The Labute approximate surface area is 91.8 Å². The summed E-state index contributed by atoms with van der Waals surface area (Å²) in [6, 6.07) is 0. The van der Waals surface area contributed by atoms with Crippen LogP contribution in [0.2, 0.25) is 0 Å². The van der Waals surface area contributed by atoms with E-state index >= 15 is 0 Å². The minimum atomic E-state index is -0.405. The van der Waals surface area contributed by atoms with Crippen LogP contribution in [0.4, 0.5) is 0 Å². The molecule has 2 N–H and O–H groups in total. The molecule has 0 spiro atoms. The predicted molar refractivity (Wildman–Crippen MR) is 58.7 cm³/mol. The number of hydrogen-bond donors (Lipinski definition) is 2. The molecule has 0 bridgehead atoms. The monoisotopic (exact) mass is 217 g/mol. The van der Waals surface area contributed by atoms with E-state index in [0.717, 1.165) is 19.5 Å². The Balaban J connectivity index is 2.17. The summed E-state index contributed by atoms with van der Waals surface area (Å²) < 4.78 is 5.15. The van der Waals surface area contributed by atoms with Crippen LogP contribution in [0.25, 0.3) is 0 Å². The lowest BCUT2D eigenvalue weighted by Crippen LogP contribution is -2.34. The molecule has 15 heavy (non-hydrogen) atoms. The van der Waals surface area contributed by atoms with Gasteiger partial charge in [-0.3, -0.25) is 0 Å². The highest BCUT2D eigenvalue weighted by Crippen LogP contribution is 2.19. The number of nitrogens with zero attached hydrogens (tertiary/aromatic N) is 1. The molecule has 4 nitrogen and oxygen atoms in total. The van der Waals surface area contributed by atoms with Crippen LogP contribution in [0.5, 0.6) is 0 Å². The number of β-amino-alcohol motifs (C(OH)–C–C–N with tert-alkyl or cyclic N) is 1. The van der Waals surface area contributed by atoms with Gasteiger partial charge in [-0.25, -0.2) is 0 Å². The Morgan fingerprint density at radius 2 is 2.20 bits per heavy atom. The Morgan fingerprint density at radius 3 is 2.73 bits per heavy atom. The molecule has 0 aromatic heterocycles. The van der Waals surface area contributed by atoms with Gasteiger partial charge in [-0.05, 0) is 32.7 Å². The molecule has 90 valence electrons. The quantitative estimate of drug-likeness (QED) is 0.662. The van der Waals surface area contributed by atoms with Gasteiger partial charge in [-0.15, -0.1) is 0 Å². The maximum absolute atomic E-state index is 9.64. The summed E-state index contributed by atoms with van der Waals surface area (Å²) in [7, 11) is 0. The Kier molecular flexibility index (Phi) is 5.53. The van der Waals surface area contributed by atoms with E-state index in [0.29, 0.717) is 25.7 Å². The van der Waals surface area contributed by atoms with Crippen LogP contribution in [0, 0.1) is 5.92 Å². The molecule has 1 aliphatic heterocycles. The van der Waals surface area contributed by atoms with Gasteiger partial charge in [-0.1, -0.05) is 0 Å². The first-order valence-electron chi connectivity index (χ1n) is 5.79. The fourth-order valence-corrected chi connectivity index (χ4v) is 2.03. The molecule has 1 rings (SSSR count). The van der Waals surface area contributed by atoms with Crippen molar-refractivity contribution >= 4 is 0 Å². The number of likely N-dealkylation sites (tertiary alicyclic amines) is 1. The second-order valence-corrected chi connectivity index (χ2v) is 4.36. The van der Waals surface area contributed by atoms with E-state index in [1.807, 2.05) is 13.8 Å². The third-order valence-electron chi connectivity index (χ3n) is 2.97. The number of hydrogen-bond acceptors (Lipinski definition) is 4. The Bertz CT molecular complexity index is 175. The van der Waals surface area contributed by atoms with Crippen LogP contribution in [0.1, 0.15) is 20.3 Å². The van der Waals surface area contributed by atoms with E-state index in [9.17, 15) is 10.2 Å². The van der Waals surface area contributed by atoms with Gasteiger partial charge in [0.2, 0.25) is 0 Å². The molecule has 0 aliphatic carbocycles. The second kappa shape index (κ2) is 6.43. The third-order valence-corrected chi connectivity index (χ3v) is 2.97. The summed E-state index contributed by atoms with van der Waals surface area (Å²) in [5.74, 6) is 0.365. The van der Waals surface area contributed by atoms with E-state index in [1.165, 1.54) is 0 Å². The molecule has 0 amide bonds. The maximum Gasteiger partial charge on any atom is 0.0900 e. The standard InChI is InChI=1S/C11H23NO3/c1-3-15-8-11(14)7-12-5-4-10(6-12)9(2)13/h9-11,13-14H,3-8H2,1-2H3. The van der Waals surface area contributed by atoms with E-state index < -0.39 is 6.10 Å². The summed E-state index contributed by atoms with van der Waals surface area (Å²) in [5, 5.41) is 19.1. The first-order chi connectivity index (χ1) is 7.13. The van der Waals surface area contributed by atoms with Crippen molar-refractivity contribution in [2.24, 2.45) is 5.92 Å². The van der Waals surface area contributed by atoms with Gasteiger partial charge < -0.3 is 19.8 Å². The van der Waals surface area contributed by atoms with Crippen LogP contribution in [0.15, 0.2) is 0 Å². The van der Waals surface area contributed by atoms with Crippen molar-refractivity contribution in [3.8, 4) is 0 Å². The van der Waals surface area contributed by atoms with Crippen LogP contribution in [-0.2, 0) is 4.74 Å². The smallest absolute Gasteiger partial charge is 0.0900 e. The SMILES string of the molecule is CCOCC(O)CN1CCC(C(C)O)C1. The molecule has 0 saturated carbocycles. The molecular formula is C11H23NO3. The average molecular weight is 217 g/mol. The fraction of sp³-hybridized carbons (Fsp3) is 1.00. The summed E-state index contributed by atoms with van der Waals surface area (Å²) in [6.45, 7) is 7.33. The third kappa shape index (κ3) is 4.47. The zero-order valence-electron chi connectivity index (χ0n) is 9.72. The van der Waals surface area contributed by atoms with Crippen molar-refractivity contribution in [3.63, 3.8) is 0 Å². The molecule has 3 atom stereocenters. The van der Waals surface area contributed by atoms with Gasteiger partial charge in [0.25, 0.3) is 0 Å². The van der Waals surface area contributed by atoms with Gasteiger partial charge in [0.05, 0.1) is 18.8 Å². The van der Waals surface area contributed by atoms with Gasteiger partial charge >= 0.3 is 0 Å². The van der Waals surface area contributed by atoms with Crippen LogP contribution >= 0.6 is 0 Å². The Hall–Kier alpha value is -0.160. The number of rotatable bonds is 6. The summed E-state index contributed by atoms with van der Waals surface area (Å²) in [6.07, 6.45) is 0.385. The van der Waals surface area contributed by atoms with Gasteiger partial charge in [0.1, 0.15) is 0 Å². The van der Waals surface area contributed by atoms with E-state index in [1.54, 1.807) is 0 Å². The lowest BCUT2D eigenvalue weighted by Gasteiger charge is -2.20. The minimum absolute atomic E-state index is 0.237. The predicted octanol–water partition coefficient (Wildman–Crippen LogP) is 0.0865. The lowest BCUT2D eigenvalue weighted by atomic mass is 10.0. The van der Waals surface area contributed by atoms with Crippen molar-refractivity contribution < 1.29 is 14.9 Å². The van der Waals surface area contributed by atoms with Crippen molar-refractivity contribution in [1.29, 1.82) is 0 Å². The van der Waals surface area contributed by atoms with Crippen molar-refractivity contribution in [2.45, 2.75) is 32.5 Å². The first kappa shape index (κ1) is 12.9. The van der Waals surface area contributed by atoms with E-state index in [4.69, 9.17) is 4.74 Å². The summed E-state index contributed by atoms with van der Waals surface area (Å²) in [4.78, 5) is 2.20. The fourth-order valence-electron chi connectivity index (χ4n) is 2.03. The lowest BCUT2D eigenvalue weighted by molar-refractivity contribution is 0.0232. The van der Waals surface area contributed by atoms with Crippen LogP contribution in [-0.4, -0.2) is 60.2 Å². The highest BCUT2D eigenvalue weighted by Gasteiger charge is 2.26. The molecule has 0 radical (unpaired) electrons. The van der Waals surface area contributed by atoms with E-state index in [-0.39, 0.29) is 6.10 Å². The Morgan fingerprint density at radius 1 is 1.47 bits per heavy atom. The highest BCUT2D eigenvalue weighted by atomic mass is 16.5. The maximum atomic E-state index is 9.64. The van der Waals surface area contributed by atoms with Gasteiger partial charge in [0.15, 0.2) is 0 Å². The molecule has 1 saturated heterocycles. The number of aliphatic hydroxyl groups is 2. The van der Waals surface area contributed by atoms with Crippen LogP contribution in [0.3, 0.4) is 0 Å². The zero-order valence-corrected chi connectivity index (χ0v) is 9.72. The molecule has 1 heterocycles. The van der Waals surface area contributed by atoms with Crippen LogP contribution < -0.4 is 0 Å². The topological polar surface area (TPSA) is 52.9 Å². The largest absolute Gasteiger partial charge is 0.393 e. The van der Waals surface area contributed by atoms with Crippen molar-refractivity contribution in [3.05, 3.63) is 0 Å². The summed E-state index contributed by atoms with van der Waals surface area (Å²) in [5.41, 5.74) is 0. The van der Waals surface area contributed by atoms with E-state index in [2.05, 4.69) is 4.90 Å². The molecular weight excluding hydrogens is 194 g/mol. The second-order valence-electron chi connectivity index (χ2n) is 4.36. The average Bonchev–Trinajstić information content (AvgIpc) is 2.63. The zero-order chi connectivity index (χ0) is 11.3. The first-order valence-corrected chi connectivity index (χ1v) is 5.79. The minimum Gasteiger partial charge on any atom is -0.393 e. The van der Waals surface area contributed by atoms with Crippen molar-refractivity contribution in [2.75, 3.05) is 32.8 Å². The summed E-state index contributed by atoms with van der Waals surface area (Å²) >= 11 is 0.